The maximum absolute atomic E-state index is 13.7. The van der Waals surface area contributed by atoms with Gasteiger partial charge in [0.2, 0.25) is 0 Å². The number of aromatic nitrogens is 2. The van der Waals surface area contributed by atoms with Crippen LogP contribution in [0.5, 0.6) is 0 Å². The van der Waals surface area contributed by atoms with Crippen molar-refractivity contribution in [1.29, 1.82) is 0 Å². The molecule has 0 aliphatic rings. The van der Waals surface area contributed by atoms with E-state index >= 15 is 0 Å². The zero-order chi connectivity index (χ0) is 12.3. The molecule has 0 unspecified atom stereocenters. The quantitative estimate of drug-likeness (QED) is 0.929. The Labute approximate surface area is 108 Å². The van der Waals surface area contributed by atoms with E-state index in [0.717, 1.165) is 11.6 Å². The number of hydrogen-bond donors (Lipinski definition) is 1. The maximum atomic E-state index is 13.7. The van der Waals surface area contributed by atoms with Crippen LogP contribution in [0.25, 0.3) is 10.6 Å². The van der Waals surface area contributed by atoms with Crippen LogP contribution in [0, 0.1) is 5.82 Å². The Morgan fingerprint density at radius 1 is 1.41 bits per heavy atom. The van der Waals surface area contributed by atoms with Crippen LogP contribution in [-0.4, -0.2) is 16.7 Å². The Hall–Kier alpha value is -1.04. The molecule has 1 N–H and O–H groups in total. The van der Waals surface area contributed by atoms with Crippen LogP contribution in [0.3, 0.4) is 0 Å². The molecule has 0 fully saturated rings. The van der Waals surface area contributed by atoms with Gasteiger partial charge in [-0.1, -0.05) is 35.9 Å². The highest BCUT2D eigenvalue weighted by atomic mass is 35.5. The first-order valence-electron chi connectivity index (χ1n) is 5.20. The Kier molecular flexibility index (Phi) is 4.04. The van der Waals surface area contributed by atoms with Crippen molar-refractivity contribution in [1.82, 2.24) is 15.5 Å². The zero-order valence-electron chi connectivity index (χ0n) is 9.20. The molecule has 0 atom stereocenters. The average molecular weight is 272 g/mol. The van der Waals surface area contributed by atoms with E-state index in [0.29, 0.717) is 17.1 Å². The Morgan fingerprint density at radius 2 is 2.24 bits per heavy atom. The molecule has 1 aromatic carbocycles. The SMILES string of the molecule is CCNCc1nnc(-c2cccc(Cl)c2F)s1. The molecule has 17 heavy (non-hydrogen) atoms. The summed E-state index contributed by atoms with van der Waals surface area (Å²) in [6, 6.07) is 4.87. The van der Waals surface area contributed by atoms with E-state index in [1.165, 1.54) is 17.4 Å². The van der Waals surface area contributed by atoms with E-state index in [2.05, 4.69) is 15.5 Å². The molecule has 6 heteroatoms. The Bertz CT molecular complexity index is 515. The highest BCUT2D eigenvalue weighted by Crippen LogP contribution is 2.29. The van der Waals surface area contributed by atoms with Crippen LogP contribution < -0.4 is 5.32 Å². The lowest BCUT2D eigenvalue weighted by Crippen LogP contribution is -2.11. The molecule has 3 nitrogen and oxygen atoms in total. The lowest BCUT2D eigenvalue weighted by atomic mass is 10.2. The summed E-state index contributed by atoms with van der Waals surface area (Å²) in [4.78, 5) is 0. The second kappa shape index (κ2) is 5.53. The van der Waals surface area contributed by atoms with Crippen molar-refractivity contribution in [3.63, 3.8) is 0 Å². The summed E-state index contributed by atoms with van der Waals surface area (Å²) in [5.74, 6) is -0.444. The van der Waals surface area contributed by atoms with E-state index in [9.17, 15) is 4.39 Å². The van der Waals surface area contributed by atoms with Gasteiger partial charge in [-0.15, -0.1) is 10.2 Å². The fraction of sp³-hybridized carbons (Fsp3) is 0.273. The van der Waals surface area contributed by atoms with Crippen LogP contribution in [0.4, 0.5) is 4.39 Å². The van der Waals surface area contributed by atoms with Crippen molar-refractivity contribution in [2.45, 2.75) is 13.5 Å². The fourth-order valence-electron chi connectivity index (χ4n) is 1.33. The molecule has 0 amide bonds. The molecule has 2 aromatic rings. The average Bonchev–Trinajstić information content (AvgIpc) is 2.78. The molecule has 0 bridgehead atoms. The molecule has 0 saturated heterocycles. The molecule has 0 aliphatic heterocycles. The Morgan fingerprint density at radius 3 is 3.00 bits per heavy atom. The van der Waals surface area contributed by atoms with Crippen LogP contribution in [-0.2, 0) is 6.54 Å². The van der Waals surface area contributed by atoms with Crippen molar-refractivity contribution in [2.75, 3.05) is 6.54 Å². The minimum absolute atomic E-state index is 0.103. The monoisotopic (exact) mass is 271 g/mol. The molecular formula is C11H11ClFN3S. The van der Waals surface area contributed by atoms with Crippen LogP contribution >= 0.6 is 22.9 Å². The molecule has 0 aliphatic carbocycles. The van der Waals surface area contributed by atoms with Crippen LogP contribution in [0.2, 0.25) is 5.02 Å². The number of benzene rings is 1. The summed E-state index contributed by atoms with van der Waals surface area (Å²) in [7, 11) is 0. The summed E-state index contributed by atoms with van der Waals surface area (Å²) in [5, 5.41) is 12.6. The minimum atomic E-state index is -0.444. The van der Waals surface area contributed by atoms with Crippen molar-refractivity contribution >= 4 is 22.9 Å². The molecule has 90 valence electrons. The van der Waals surface area contributed by atoms with Crippen LogP contribution in [0.15, 0.2) is 18.2 Å². The van der Waals surface area contributed by atoms with Crippen LogP contribution in [0.1, 0.15) is 11.9 Å². The standard InChI is InChI=1S/C11H11ClFN3S/c1-2-14-6-9-15-16-11(17-9)7-4-3-5-8(12)10(7)13/h3-5,14H,2,6H2,1H3. The number of nitrogens with zero attached hydrogens (tertiary/aromatic N) is 2. The Balaban J connectivity index is 2.27. The molecule has 0 radical (unpaired) electrons. The zero-order valence-corrected chi connectivity index (χ0v) is 10.8. The van der Waals surface area contributed by atoms with E-state index in [1.807, 2.05) is 6.92 Å². The number of rotatable bonds is 4. The smallest absolute Gasteiger partial charge is 0.152 e. The van der Waals surface area contributed by atoms with Gasteiger partial charge in [-0.05, 0) is 18.7 Å². The predicted molar refractivity (Wildman–Crippen MR) is 67.7 cm³/mol. The van der Waals surface area contributed by atoms with Crippen molar-refractivity contribution in [2.24, 2.45) is 0 Å². The van der Waals surface area contributed by atoms with Crippen molar-refractivity contribution in [3.05, 3.63) is 34.0 Å². The van der Waals surface area contributed by atoms with E-state index in [-0.39, 0.29) is 5.02 Å². The summed E-state index contributed by atoms with van der Waals surface area (Å²) < 4.78 is 13.7. The maximum Gasteiger partial charge on any atom is 0.152 e. The van der Waals surface area contributed by atoms with Gasteiger partial charge in [0.25, 0.3) is 0 Å². The number of halogens is 2. The topological polar surface area (TPSA) is 37.8 Å². The number of nitrogens with one attached hydrogen (secondary N) is 1. The first kappa shape index (κ1) is 12.4. The van der Waals surface area contributed by atoms with Gasteiger partial charge in [-0.2, -0.15) is 0 Å². The normalized spacial score (nSPS) is 10.8. The molecule has 2 rings (SSSR count). The first-order valence-corrected chi connectivity index (χ1v) is 6.39. The molecule has 0 saturated carbocycles. The van der Waals surface area contributed by atoms with Crippen molar-refractivity contribution in [3.8, 4) is 10.6 Å². The van der Waals surface area contributed by atoms with Crippen molar-refractivity contribution < 1.29 is 4.39 Å². The van der Waals surface area contributed by atoms with Gasteiger partial charge >= 0.3 is 0 Å². The van der Waals surface area contributed by atoms with Gasteiger partial charge in [0.15, 0.2) is 10.8 Å². The summed E-state index contributed by atoms with van der Waals surface area (Å²) >= 11 is 7.09. The third-order valence-corrected chi connectivity index (χ3v) is 3.42. The minimum Gasteiger partial charge on any atom is -0.311 e. The van der Waals surface area contributed by atoms with Gasteiger partial charge in [-0.25, -0.2) is 4.39 Å². The van der Waals surface area contributed by atoms with Gasteiger partial charge in [0.05, 0.1) is 5.02 Å². The highest BCUT2D eigenvalue weighted by molar-refractivity contribution is 7.14. The largest absolute Gasteiger partial charge is 0.311 e. The second-order valence-electron chi connectivity index (χ2n) is 3.38. The van der Waals surface area contributed by atoms with E-state index < -0.39 is 5.82 Å². The molecular weight excluding hydrogens is 261 g/mol. The lowest BCUT2D eigenvalue weighted by Gasteiger charge is -1.99. The molecule has 1 heterocycles. The van der Waals surface area contributed by atoms with Gasteiger partial charge in [-0.3, -0.25) is 0 Å². The van der Waals surface area contributed by atoms with Gasteiger partial charge in [0.1, 0.15) is 5.01 Å². The second-order valence-corrected chi connectivity index (χ2v) is 4.85. The molecule has 1 aromatic heterocycles. The summed E-state index contributed by atoms with van der Waals surface area (Å²) in [5.41, 5.74) is 0.401. The summed E-state index contributed by atoms with van der Waals surface area (Å²) in [6.07, 6.45) is 0. The van der Waals surface area contributed by atoms with E-state index in [1.54, 1.807) is 12.1 Å². The number of hydrogen-bond acceptors (Lipinski definition) is 4. The van der Waals surface area contributed by atoms with Gasteiger partial charge in [0, 0.05) is 12.1 Å². The van der Waals surface area contributed by atoms with Gasteiger partial charge < -0.3 is 5.32 Å². The molecule has 0 spiro atoms. The first-order chi connectivity index (χ1) is 8.22. The fourth-order valence-corrected chi connectivity index (χ4v) is 2.34. The highest BCUT2D eigenvalue weighted by Gasteiger charge is 2.12. The summed E-state index contributed by atoms with van der Waals surface area (Å²) in [6.45, 7) is 3.52. The lowest BCUT2D eigenvalue weighted by molar-refractivity contribution is 0.631. The third-order valence-electron chi connectivity index (χ3n) is 2.18. The predicted octanol–water partition coefficient (Wildman–Crippen LogP) is 3.11. The third kappa shape index (κ3) is 2.80. The van der Waals surface area contributed by atoms with E-state index in [4.69, 9.17) is 11.6 Å².